The smallest absolute Gasteiger partial charge is 0.410 e. The number of hydrogen-bond donors (Lipinski definition) is 2. The van der Waals surface area contributed by atoms with Crippen molar-refractivity contribution >= 4 is 45.0 Å². The van der Waals surface area contributed by atoms with Crippen LogP contribution in [0.3, 0.4) is 0 Å². The van der Waals surface area contributed by atoms with E-state index in [0.29, 0.717) is 13.1 Å². The Morgan fingerprint density at radius 1 is 0.635 bits per heavy atom. The number of carbonyl (C=O) groups excluding carboxylic acids is 2. The fourth-order valence-corrected chi connectivity index (χ4v) is 7.70. The number of imidazole rings is 2. The van der Waals surface area contributed by atoms with Gasteiger partial charge in [0.15, 0.2) is 0 Å². The summed E-state index contributed by atoms with van der Waals surface area (Å²) in [4.78, 5) is 46.5. The number of aromatic nitrogens is 4. The largest absolute Gasteiger partial charge is 0.444 e. The van der Waals surface area contributed by atoms with Gasteiger partial charge in [-0.15, -0.1) is 0 Å². The number of hydrogen-bond acceptors (Lipinski definition) is 6. The van der Waals surface area contributed by atoms with E-state index in [4.69, 9.17) is 19.4 Å². The van der Waals surface area contributed by atoms with Crippen molar-refractivity contribution in [3.05, 3.63) is 84.4 Å². The van der Waals surface area contributed by atoms with Crippen molar-refractivity contribution in [2.45, 2.75) is 90.5 Å². The van der Waals surface area contributed by atoms with Crippen molar-refractivity contribution in [1.29, 1.82) is 0 Å². The summed E-state index contributed by atoms with van der Waals surface area (Å²) in [5.41, 5.74) is 6.93. The van der Waals surface area contributed by atoms with Crippen molar-refractivity contribution in [3.63, 3.8) is 0 Å². The lowest BCUT2D eigenvalue weighted by Gasteiger charge is -2.27. The third-order valence-electron chi connectivity index (χ3n) is 9.94. The molecule has 0 spiro atoms. The Kier molecular flexibility index (Phi) is 8.23. The van der Waals surface area contributed by atoms with Gasteiger partial charge in [0.25, 0.3) is 0 Å². The van der Waals surface area contributed by atoms with Crippen molar-refractivity contribution in [3.8, 4) is 22.3 Å². The number of rotatable bonds is 4. The van der Waals surface area contributed by atoms with Crippen LogP contribution in [0.2, 0.25) is 0 Å². The Balaban J connectivity index is 1.09. The highest BCUT2D eigenvalue weighted by Crippen LogP contribution is 2.39. The molecule has 10 nitrogen and oxygen atoms in total. The minimum absolute atomic E-state index is 0.142. The molecule has 2 aliphatic rings. The molecule has 2 aliphatic heterocycles. The third-order valence-corrected chi connectivity index (χ3v) is 9.94. The van der Waals surface area contributed by atoms with Gasteiger partial charge in [-0.3, -0.25) is 9.80 Å². The third kappa shape index (κ3) is 6.46. The Morgan fingerprint density at radius 3 is 1.46 bits per heavy atom. The molecule has 0 radical (unpaired) electrons. The van der Waals surface area contributed by atoms with Gasteiger partial charge in [0.05, 0.1) is 34.2 Å². The van der Waals surface area contributed by atoms with Gasteiger partial charge < -0.3 is 19.4 Å². The van der Waals surface area contributed by atoms with E-state index in [-0.39, 0.29) is 24.3 Å². The van der Waals surface area contributed by atoms with Crippen LogP contribution in [0.1, 0.15) is 91.0 Å². The normalized spacial score (nSPS) is 18.2. The van der Waals surface area contributed by atoms with E-state index in [1.807, 2.05) is 41.5 Å². The molecule has 268 valence electrons. The summed E-state index contributed by atoms with van der Waals surface area (Å²) in [6.07, 6.45) is 2.91. The maximum atomic E-state index is 13.0. The lowest BCUT2D eigenvalue weighted by Crippen LogP contribution is -2.36. The first kappa shape index (κ1) is 33.7. The van der Waals surface area contributed by atoms with Crippen molar-refractivity contribution in [1.82, 2.24) is 29.7 Å². The maximum absolute atomic E-state index is 13.0. The quantitative estimate of drug-likeness (QED) is 0.189. The second kappa shape index (κ2) is 12.7. The molecule has 8 rings (SSSR count). The fraction of sp³-hybridized carbons (Fsp3) is 0.381. The Morgan fingerprint density at radius 2 is 1.06 bits per heavy atom. The van der Waals surface area contributed by atoms with Crippen LogP contribution in [0.4, 0.5) is 9.59 Å². The molecule has 2 N–H and O–H groups in total. The topological polar surface area (TPSA) is 116 Å². The van der Waals surface area contributed by atoms with Gasteiger partial charge in [0.1, 0.15) is 22.9 Å². The highest BCUT2D eigenvalue weighted by molar-refractivity contribution is 6.05. The monoisotopic (exact) mass is 698 g/mol. The molecule has 6 aromatic rings. The number of aromatic amines is 2. The molecule has 4 aromatic carbocycles. The van der Waals surface area contributed by atoms with Gasteiger partial charge >= 0.3 is 12.2 Å². The van der Waals surface area contributed by atoms with Gasteiger partial charge in [-0.25, -0.2) is 19.6 Å². The molecule has 0 aliphatic carbocycles. The number of ether oxygens (including phenoxy) is 2. The summed E-state index contributed by atoms with van der Waals surface area (Å²) in [7, 11) is 0. The number of fused-ring (bicyclic) bond motifs is 3. The minimum atomic E-state index is -0.553. The highest BCUT2D eigenvalue weighted by Gasteiger charge is 2.36. The first-order chi connectivity index (χ1) is 24.8. The molecule has 4 heterocycles. The average Bonchev–Trinajstić information content (AvgIpc) is 3.90. The van der Waals surface area contributed by atoms with Crippen LogP contribution >= 0.6 is 0 Å². The maximum Gasteiger partial charge on any atom is 0.410 e. The second-order valence-electron chi connectivity index (χ2n) is 16.1. The summed E-state index contributed by atoms with van der Waals surface area (Å²) in [6, 6.07) is 25.3. The number of carbonyl (C=O) groups is 2. The van der Waals surface area contributed by atoms with Crippen molar-refractivity contribution < 1.29 is 19.1 Å². The summed E-state index contributed by atoms with van der Waals surface area (Å²) in [6.45, 7) is 12.7. The van der Waals surface area contributed by atoms with E-state index in [2.05, 4.69) is 82.8 Å². The Hall–Kier alpha value is -5.38. The summed E-state index contributed by atoms with van der Waals surface area (Å²) < 4.78 is 11.4. The molecule has 0 bridgehead atoms. The van der Waals surface area contributed by atoms with Crippen LogP contribution in [0, 0.1) is 0 Å². The van der Waals surface area contributed by atoms with E-state index in [1.54, 1.807) is 9.80 Å². The molecule has 0 saturated carbocycles. The second-order valence-corrected chi connectivity index (χ2v) is 16.1. The standard InChI is InChI=1S/C42H46N6O4/c1-41(2,3)51-39(49)47-21-9-15-35(47)37-43-31-19-17-25(23-33(31)45-37)27-11-7-14-30-28(12-8-13-29(27)30)26-18-20-32-34(24-26)46-38(44-32)36-16-10-22-48(36)40(50)52-42(4,5)6/h7-8,11-14,17-20,23-24,35-36H,9-10,15-16,21-22H2,1-6H3,(H,43,45)(H,44,46)/t35-,36-/m0/s1. The van der Waals surface area contributed by atoms with E-state index >= 15 is 0 Å². The number of H-pyrrole nitrogens is 2. The average molecular weight is 699 g/mol. The molecule has 2 aromatic heterocycles. The van der Waals surface area contributed by atoms with Gasteiger partial charge in [0, 0.05) is 13.1 Å². The molecule has 2 amide bonds. The summed E-state index contributed by atoms with van der Waals surface area (Å²) >= 11 is 0. The van der Waals surface area contributed by atoms with Gasteiger partial charge in [-0.1, -0.05) is 48.5 Å². The summed E-state index contributed by atoms with van der Waals surface area (Å²) in [5, 5.41) is 2.30. The predicted molar refractivity (Wildman–Crippen MR) is 204 cm³/mol. The van der Waals surface area contributed by atoms with Crippen LogP contribution < -0.4 is 0 Å². The highest BCUT2D eigenvalue weighted by atomic mass is 16.6. The predicted octanol–water partition coefficient (Wildman–Crippen LogP) is 10.1. The van der Waals surface area contributed by atoms with Crippen molar-refractivity contribution in [2.24, 2.45) is 0 Å². The molecular formula is C42H46N6O4. The van der Waals surface area contributed by atoms with E-state index in [1.165, 1.54) is 0 Å². The Bertz CT molecular complexity index is 2160. The number of amides is 2. The summed E-state index contributed by atoms with van der Waals surface area (Å²) in [5.74, 6) is 1.58. The lowest BCUT2D eigenvalue weighted by atomic mass is 9.93. The first-order valence-corrected chi connectivity index (χ1v) is 18.3. The lowest BCUT2D eigenvalue weighted by molar-refractivity contribution is 0.0208. The molecular weight excluding hydrogens is 652 g/mol. The van der Waals surface area contributed by atoms with E-state index in [0.717, 1.165) is 92.4 Å². The minimum Gasteiger partial charge on any atom is -0.444 e. The number of nitrogens with zero attached hydrogens (tertiary/aromatic N) is 4. The number of likely N-dealkylation sites (tertiary alicyclic amines) is 2. The van der Waals surface area contributed by atoms with Crippen LogP contribution in [0.5, 0.6) is 0 Å². The SMILES string of the molecule is CC(C)(C)OC(=O)N1CCC[C@H]1c1nc2ccc(-c3cccc4c(-c5ccc6nc([C@@H]7CCCN7C(=O)OC(C)(C)C)[nH]c6c5)cccc34)cc2[nH]1. The van der Waals surface area contributed by atoms with Gasteiger partial charge in [0.2, 0.25) is 0 Å². The van der Waals surface area contributed by atoms with Gasteiger partial charge in [-0.2, -0.15) is 0 Å². The van der Waals surface area contributed by atoms with Crippen LogP contribution in [0.25, 0.3) is 55.1 Å². The molecule has 10 heteroatoms. The molecule has 2 atom stereocenters. The van der Waals surface area contributed by atoms with E-state index in [9.17, 15) is 9.59 Å². The van der Waals surface area contributed by atoms with Crippen LogP contribution in [-0.4, -0.2) is 66.2 Å². The zero-order valence-electron chi connectivity index (χ0n) is 30.7. The fourth-order valence-electron chi connectivity index (χ4n) is 7.70. The number of benzene rings is 4. The zero-order chi connectivity index (χ0) is 36.4. The molecule has 0 unspecified atom stereocenters. The Labute approximate surface area is 303 Å². The van der Waals surface area contributed by atoms with E-state index < -0.39 is 11.2 Å². The number of nitrogens with one attached hydrogen (secondary N) is 2. The van der Waals surface area contributed by atoms with Gasteiger partial charge in [-0.05, 0) is 125 Å². The van der Waals surface area contributed by atoms with Crippen molar-refractivity contribution in [2.75, 3.05) is 13.1 Å². The molecule has 2 saturated heterocycles. The first-order valence-electron chi connectivity index (χ1n) is 18.3. The van der Waals surface area contributed by atoms with Crippen LogP contribution in [-0.2, 0) is 9.47 Å². The zero-order valence-corrected chi connectivity index (χ0v) is 30.7. The molecule has 52 heavy (non-hydrogen) atoms. The molecule has 2 fully saturated rings. The van der Waals surface area contributed by atoms with Crippen LogP contribution in [0.15, 0.2) is 72.8 Å².